The van der Waals surface area contributed by atoms with E-state index in [4.69, 9.17) is 0 Å². The standard InChI is InChI=1S/C16H15F3N2O/c1-12(15(22)20-11-16(17,18)19)21-9-5-8-14(10-21)13-6-3-2-4-7-13/h2-10,12H,11H2,1H3/p+1/t12-/m1/s1. The molecular weight excluding hydrogens is 293 g/mol. The van der Waals surface area contributed by atoms with Crippen LogP contribution in [-0.2, 0) is 4.79 Å². The molecule has 2 aromatic rings. The van der Waals surface area contributed by atoms with E-state index in [0.717, 1.165) is 11.1 Å². The van der Waals surface area contributed by atoms with Crippen LogP contribution in [0, 0.1) is 0 Å². The van der Waals surface area contributed by atoms with Gasteiger partial charge in [0.15, 0.2) is 12.4 Å². The predicted molar refractivity (Wildman–Crippen MR) is 75.8 cm³/mol. The number of rotatable bonds is 4. The highest BCUT2D eigenvalue weighted by Crippen LogP contribution is 2.17. The molecule has 2 rings (SSSR count). The highest BCUT2D eigenvalue weighted by atomic mass is 19.4. The van der Waals surface area contributed by atoms with Crippen molar-refractivity contribution in [1.82, 2.24) is 5.32 Å². The molecule has 3 nitrogen and oxygen atoms in total. The highest BCUT2D eigenvalue weighted by Gasteiger charge is 2.30. The molecule has 22 heavy (non-hydrogen) atoms. The van der Waals surface area contributed by atoms with Crippen LogP contribution < -0.4 is 9.88 Å². The van der Waals surface area contributed by atoms with Crippen molar-refractivity contribution in [3.8, 4) is 11.1 Å². The van der Waals surface area contributed by atoms with Gasteiger partial charge in [-0.25, -0.2) is 0 Å². The molecule has 1 heterocycles. The van der Waals surface area contributed by atoms with Gasteiger partial charge in [0.25, 0.3) is 5.91 Å². The smallest absolute Gasteiger partial charge is 0.341 e. The lowest BCUT2D eigenvalue weighted by atomic mass is 10.1. The second-order valence-electron chi connectivity index (χ2n) is 4.91. The summed E-state index contributed by atoms with van der Waals surface area (Å²) in [5.74, 6) is -0.674. The second kappa shape index (κ2) is 6.60. The van der Waals surface area contributed by atoms with Gasteiger partial charge in [-0.3, -0.25) is 4.79 Å². The van der Waals surface area contributed by atoms with Crippen LogP contribution in [0.1, 0.15) is 13.0 Å². The topological polar surface area (TPSA) is 33.0 Å². The number of amides is 1. The van der Waals surface area contributed by atoms with Gasteiger partial charge in [-0.1, -0.05) is 30.3 Å². The fourth-order valence-corrected chi connectivity index (χ4v) is 2.01. The molecule has 1 N–H and O–H groups in total. The molecule has 0 radical (unpaired) electrons. The Morgan fingerprint density at radius 3 is 2.41 bits per heavy atom. The van der Waals surface area contributed by atoms with E-state index >= 15 is 0 Å². The van der Waals surface area contributed by atoms with Crippen molar-refractivity contribution in [2.24, 2.45) is 0 Å². The van der Waals surface area contributed by atoms with Crippen LogP contribution in [0.4, 0.5) is 13.2 Å². The van der Waals surface area contributed by atoms with E-state index < -0.39 is 24.7 Å². The zero-order chi connectivity index (χ0) is 16.2. The van der Waals surface area contributed by atoms with Crippen LogP contribution in [0.3, 0.4) is 0 Å². The van der Waals surface area contributed by atoms with Gasteiger partial charge in [0.2, 0.25) is 6.04 Å². The minimum absolute atomic E-state index is 0.674. The van der Waals surface area contributed by atoms with Gasteiger partial charge in [0, 0.05) is 18.6 Å². The molecule has 116 valence electrons. The molecular formula is C16H16F3N2O+. The van der Waals surface area contributed by atoms with Crippen molar-refractivity contribution in [3.63, 3.8) is 0 Å². The van der Waals surface area contributed by atoms with Crippen LogP contribution in [0.2, 0.25) is 0 Å². The van der Waals surface area contributed by atoms with Crippen LogP contribution >= 0.6 is 0 Å². The third kappa shape index (κ3) is 4.31. The Labute approximate surface area is 126 Å². The molecule has 0 saturated carbocycles. The summed E-state index contributed by atoms with van der Waals surface area (Å²) in [7, 11) is 0. The van der Waals surface area contributed by atoms with Crippen LogP contribution in [0.25, 0.3) is 11.1 Å². The number of pyridine rings is 1. The maximum absolute atomic E-state index is 12.1. The number of carbonyl (C=O) groups is 1. The van der Waals surface area contributed by atoms with Crippen molar-refractivity contribution >= 4 is 5.91 Å². The third-order valence-electron chi connectivity index (χ3n) is 3.22. The Morgan fingerprint density at radius 1 is 1.14 bits per heavy atom. The Kier molecular flexibility index (Phi) is 4.80. The van der Waals surface area contributed by atoms with Crippen molar-refractivity contribution in [2.75, 3.05) is 6.54 Å². The molecule has 1 atom stereocenters. The Bertz CT molecular complexity index is 641. The molecule has 6 heteroatoms. The third-order valence-corrected chi connectivity index (χ3v) is 3.22. The van der Waals surface area contributed by atoms with E-state index in [1.165, 1.54) is 0 Å². The van der Waals surface area contributed by atoms with Gasteiger partial charge in [-0.2, -0.15) is 17.7 Å². The number of hydrogen-bond acceptors (Lipinski definition) is 1. The second-order valence-corrected chi connectivity index (χ2v) is 4.91. The molecule has 0 bridgehead atoms. The predicted octanol–water partition coefficient (Wildman–Crippen LogP) is 2.88. The van der Waals surface area contributed by atoms with Gasteiger partial charge in [0.1, 0.15) is 6.54 Å². The summed E-state index contributed by atoms with van der Waals surface area (Å²) in [6.07, 6.45) is -1.01. The molecule has 0 unspecified atom stereocenters. The number of benzene rings is 1. The summed E-state index contributed by atoms with van der Waals surface area (Å²) < 4.78 is 38.0. The Morgan fingerprint density at radius 2 is 1.77 bits per heavy atom. The van der Waals surface area contributed by atoms with Crippen LogP contribution in [0.5, 0.6) is 0 Å². The Hall–Kier alpha value is -2.37. The first-order valence-electron chi connectivity index (χ1n) is 6.77. The lowest BCUT2D eigenvalue weighted by Gasteiger charge is -2.11. The number of nitrogens with one attached hydrogen (secondary N) is 1. The average molecular weight is 309 g/mol. The summed E-state index contributed by atoms with van der Waals surface area (Å²) in [5.41, 5.74) is 1.86. The lowest BCUT2D eigenvalue weighted by molar-refractivity contribution is -0.705. The number of halogens is 3. The minimum atomic E-state index is -4.41. The SMILES string of the molecule is C[C@H](C(=O)NCC(F)(F)F)[n+]1cccc(-c2ccccc2)c1. The quantitative estimate of drug-likeness (QED) is 0.866. The molecule has 0 aliphatic heterocycles. The summed E-state index contributed by atoms with van der Waals surface area (Å²) in [6.45, 7) is 0.232. The molecule has 1 aromatic carbocycles. The van der Waals surface area contributed by atoms with E-state index in [1.54, 1.807) is 30.0 Å². The van der Waals surface area contributed by atoms with Crippen LogP contribution in [-0.4, -0.2) is 18.6 Å². The molecule has 0 aliphatic carbocycles. The van der Waals surface area contributed by atoms with E-state index in [-0.39, 0.29) is 0 Å². The number of aromatic nitrogens is 1. The van der Waals surface area contributed by atoms with Gasteiger partial charge >= 0.3 is 6.18 Å². The number of hydrogen-bond donors (Lipinski definition) is 1. The molecule has 0 saturated heterocycles. The normalized spacial score (nSPS) is 12.7. The first-order valence-corrected chi connectivity index (χ1v) is 6.77. The molecule has 0 fully saturated rings. The summed E-state index contributed by atoms with van der Waals surface area (Å²) in [4.78, 5) is 11.8. The largest absolute Gasteiger partial charge is 0.405 e. The Balaban J connectivity index is 2.14. The van der Waals surface area contributed by atoms with Crippen molar-refractivity contribution in [3.05, 3.63) is 54.9 Å². The summed E-state index contributed by atoms with van der Waals surface area (Å²) >= 11 is 0. The maximum Gasteiger partial charge on any atom is 0.405 e. The minimum Gasteiger partial charge on any atom is -0.341 e. The van der Waals surface area contributed by atoms with Gasteiger partial charge < -0.3 is 5.32 Å². The average Bonchev–Trinajstić information content (AvgIpc) is 2.52. The number of alkyl halides is 3. The maximum atomic E-state index is 12.1. The van der Waals surface area contributed by atoms with Gasteiger partial charge in [0.05, 0.1) is 0 Å². The lowest BCUT2D eigenvalue weighted by Crippen LogP contribution is -2.48. The van der Waals surface area contributed by atoms with Crippen molar-refractivity contribution < 1.29 is 22.5 Å². The summed E-state index contributed by atoms with van der Waals surface area (Å²) in [6, 6.07) is 12.4. The fraction of sp³-hybridized carbons (Fsp3) is 0.250. The monoisotopic (exact) mass is 309 g/mol. The van der Waals surface area contributed by atoms with E-state index in [1.807, 2.05) is 41.7 Å². The van der Waals surface area contributed by atoms with Gasteiger partial charge in [-0.15, -0.1) is 0 Å². The van der Waals surface area contributed by atoms with E-state index in [0.29, 0.717) is 0 Å². The van der Waals surface area contributed by atoms with Crippen molar-refractivity contribution in [2.45, 2.75) is 19.1 Å². The van der Waals surface area contributed by atoms with Gasteiger partial charge in [-0.05, 0) is 11.6 Å². The highest BCUT2D eigenvalue weighted by molar-refractivity contribution is 5.78. The fourth-order valence-electron chi connectivity index (χ4n) is 2.01. The number of carbonyl (C=O) groups excluding carboxylic acids is 1. The zero-order valence-electron chi connectivity index (χ0n) is 12.0. The van der Waals surface area contributed by atoms with Crippen molar-refractivity contribution in [1.29, 1.82) is 0 Å². The first kappa shape index (κ1) is 16.0. The van der Waals surface area contributed by atoms with Crippen LogP contribution in [0.15, 0.2) is 54.9 Å². The first-order chi connectivity index (χ1) is 10.4. The summed E-state index contributed by atoms with van der Waals surface area (Å²) in [5, 5.41) is 1.90. The van der Waals surface area contributed by atoms with E-state index in [2.05, 4.69) is 0 Å². The zero-order valence-corrected chi connectivity index (χ0v) is 12.0. The molecule has 0 aliphatic rings. The number of nitrogens with zero attached hydrogens (tertiary/aromatic N) is 1. The molecule has 1 amide bonds. The molecule has 1 aromatic heterocycles. The molecule has 0 spiro atoms. The van der Waals surface area contributed by atoms with E-state index in [9.17, 15) is 18.0 Å².